The van der Waals surface area contributed by atoms with E-state index in [1.54, 1.807) is 19.1 Å². The van der Waals surface area contributed by atoms with Crippen LogP contribution in [0.25, 0.3) is 16.7 Å². The van der Waals surface area contributed by atoms with Crippen molar-refractivity contribution in [3.05, 3.63) is 64.7 Å². The highest BCUT2D eigenvalue weighted by Gasteiger charge is 2.40. The average Bonchev–Trinajstić information content (AvgIpc) is 2.66. The third-order valence-corrected chi connectivity index (χ3v) is 5.65. The molecule has 0 radical (unpaired) electrons. The number of aryl methyl sites for hydroxylation is 2. The molecule has 0 aliphatic carbocycles. The predicted octanol–water partition coefficient (Wildman–Crippen LogP) is 7.37. The van der Waals surface area contributed by atoms with Crippen molar-refractivity contribution in [1.29, 1.82) is 0 Å². The van der Waals surface area contributed by atoms with Crippen LogP contribution < -0.4 is 4.74 Å². The second kappa shape index (κ2) is 9.23. The van der Waals surface area contributed by atoms with Crippen LogP contribution in [0.1, 0.15) is 80.9 Å². The van der Waals surface area contributed by atoms with Gasteiger partial charge in [-0.05, 0) is 69.4 Å². The molecule has 3 rings (SSSR count). The lowest BCUT2D eigenvalue weighted by atomic mass is 9.88. The van der Waals surface area contributed by atoms with Crippen molar-refractivity contribution in [2.45, 2.75) is 73.0 Å². The first-order valence-electron chi connectivity index (χ1n) is 11.3. The van der Waals surface area contributed by atoms with Gasteiger partial charge in [0.1, 0.15) is 11.3 Å². The Balaban J connectivity index is 2.32. The number of phenols is 1. The number of aromatic hydroxyl groups is 1. The van der Waals surface area contributed by atoms with Gasteiger partial charge in [-0.3, -0.25) is 0 Å². The Kier molecular flexibility index (Phi) is 6.82. The molecule has 1 aliphatic heterocycles. The number of hydrogen-bond donors (Lipinski definition) is 1. The van der Waals surface area contributed by atoms with Crippen molar-refractivity contribution in [3.63, 3.8) is 0 Å². The second-order valence-electron chi connectivity index (χ2n) is 9.15. The number of allylic oxidation sites excluding steroid dienone is 2. The number of fused-ring (bicyclic) bond motifs is 1. The smallest absolute Gasteiger partial charge is 0.345 e. The van der Waals surface area contributed by atoms with E-state index in [0.717, 1.165) is 52.7 Å². The maximum Gasteiger partial charge on any atom is 0.345 e. The van der Waals surface area contributed by atoms with Gasteiger partial charge in [-0.1, -0.05) is 61.3 Å². The molecule has 2 aromatic carbocycles. The standard InChI is InChI=1S/C28H34O4/c1-8-9-10-11-20-15-23(29)25(22-14-19(6)12-13-21(22)18(4)5)26-24(20)27(30)32-28(7,31-26)16-17(2)3/h12-16,29H,4,8-11H2,1-3,5-7H3. The molecule has 1 unspecified atom stereocenters. The van der Waals surface area contributed by atoms with E-state index >= 15 is 0 Å². The fourth-order valence-corrected chi connectivity index (χ4v) is 4.32. The maximum absolute atomic E-state index is 13.3. The molecule has 0 fully saturated rings. The summed E-state index contributed by atoms with van der Waals surface area (Å²) in [6, 6.07) is 7.70. The number of carbonyl (C=O) groups excluding carboxylic acids is 1. The van der Waals surface area contributed by atoms with Gasteiger partial charge >= 0.3 is 5.97 Å². The van der Waals surface area contributed by atoms with Crippen LogP contribution in [0.5, 0.6) is 11.5 Å². The lowest BCUT2D eigenvalue weighted by Crippen LogP contribution is -2.41. The number of phenolic OH excluding ortho intramolecular Hbond substituents is 1. The van der Waals surface area contributed by atoms with Crippen LogP contribution in [0.3, 0.4) is 0 Å². The number of benzene rings is 2. The minimum absolute atomic E-state index is 0.0950. The molecule has 0 amide bonds. The number of cyclic esters (lactones) is 1. The molecule has 0 spiro atoms. The summed E-state index contributed by atoms with van der Waals surface area (Å²) in [5.74, 6) is -1.21. The Labute approximate surface area is 191 Å². The molecule has 2 aromatic rings. The van der Waals surface area contributed by atoms with Crippen LogP contribution in [-0.2, 0) is 11.2 Å². The number of rotatable bonds is 7. The molecule has 170 valence electrons. The van der Waals surface area contributed by atoms with Crippen LogP contribution >= 0.6 is 0 Å². The van der Waals surface area contributed by atoms with Gasteiger partial charge in [0.05, 0.1) is 5.56 Å². The molecule has 0 saturated heterocycles. The molecular weight excluding hydrogens is 400 g/mol. The molecule has 32 heavy (non-hydrogen) atoms. The average molecular weight is 435 g/mol. The molecule has 1 atom stereocenters. The number of hydrogen-bond acceptors (Lipinski definition) is 4. The van der Waals surface area contributed by atoms with Crippen LogP contribution in [0, 0.1) is 6.92 Å². The zero-order chi connectivity index (χ0) is 23.6. The minimum Gasteiger partial charge on any atom is -0.507 e. The molecule has 0 aromatic heterocycles. The Morgan fingerprint density at radius 3 is 2.47 bits per heavy atom. The van der Waals surface area contributed by atoms with Crippen molar-refractivity contribution < 1.29 is 19.4 Å². The van der Waals surface area contributed by atoms with Crippen molar-refractivity contribution in [1.82, 2.24) is 0 Å². The van der Waals surface area contributed by atoms with Gasteiger partial charge in [-0.15, -0.1) is 0 Å². The molecule has 1 N–H and O–H groups in total. The molecule has 1 aliphatic rings. The van der Waals surface area contributed by atoms with E-state index in [1.807, 2.05) is 45.9 Å². The van der Waals surface area contributed by atoms with Crippen LogP contribution in [0.2, 0.25) is 0 Å². The first kappa shape index (κ1) is 23.6. The van der Waals surface area contributed by atoms with Gasteiger partial charge in [0.25, 0.3) is 5.79 Å². The van der Waals surface area contributed by atoms with E-state index in [9.17, 15) is 9.90 Å². The maximum atomic E-state index is 13.3. The molecular formula is C28H34O4. The third kappa shape index (κ3) is 4.74. The highest BCUT2D eigenvalue weighted by atomic mass is 16.7. The normalized spacial score (nSPS) is 17.2. The van der Waals surface area contributed by atoms with Gasteiger partial charge in [-0.2, -0.15) is 0 Å². The monoisotopic (exact) mass is 434 g/mol. The minimum atomic E-state index is -1.25. The van der Waals surface area contributed by atoms with Crippen LogP contribution in [-0.4, -0.2) is 16.9 Å². The van der Waals surface area contributed by atoms with Crippen LogP contribution in [0.15, 0.2) is 42.5 Å². The van der Waals surface area contributed by atoms with Gasteiger partial charge in [0, 0.05) is 6.92 Å². The lowest BCUT2D eigenvalue weighted by Gasteiger charge is -2.35. The zero-order valence-electron chi connectivity index (χ0n) is 20.1. The first-order valence-corrected chi connectivity index (χ1v) is 11.3. The largest absolute Gasteiger partial charge is 0.507 e. The van der Waals surface area contributed by atoms with Gasteiger partial charge in [0.2, 0.25) is 0 Å². The third-order valence-electron chi connectivity index (χ3n) is 5.65. The summed E-state index contributed by atoms with van der Waals surface area (Å²) in [5, 5.41) is 11.2. The Morgan fingerprint density at radius 2 is 1.84 bits per heavy atom. The summed E-state index contributed by atoms with van der Waals surface area (Å²) in [6.07, 6.45) is 5.48. The van der Waals surface area contributed by atoms with E-state index in [4.69, 9.17) is 9.47 Å². The Morgan fingerprint density at radius 1 is 1.12 bits per heavy atom. The summed E-state index contributed by atoms with van der Waals surface area (Å²) in [6.45, 7) is 15.7. The van der Waals surface area contributed by atoms with E-state index in [2.05, 4.69) is 13.5 Å². The van der Waals surface area contributed by atoms with Gasteiger partial charge in [0.15, 0.2) is 5.75 Å². The van der Waals surface area contributed by atoms with Gasteiger partial charge < -0.3 is 14.6 Å². The molecule has 0 bridgehead atoms. The van der Waals surface area contributed by atoms with Crippen molar-refractivity contribution in [2.75, 3.05) is 0 Å². The lowest BCUT2D eigenvalue weighted by molar-refractivity contribution is -0.106. The summed E-state index contributed by atoms with van der Waals surface area (Å²) in [7, 11) is 0. The first-order chi connectivity index (χ1) is 15.1. The molecule has 0 saturated carbocycles. The number of esters is 1. The fraction of sp³-hybridized carbons (Fsp3) is 0.393. The van der Waals surface area contributed by atoms with Gasteiger partial charge in [-0.25, -0.2) is 4.79 Å². The Bertz CT molecular complexity index is 1090. The van der Waals surface area contributed by atoms with E-state index in [-0.39, 0.29) is 5.75 Å². The van der Waals surface area contributed by atoms with E-state index in [1.165, 1.54) is 0 Å². The van der Waals surface area contributed by atoms with E-state index < -0.39 is 11.8 Å². The number of unbranched alkanes of at least 4 members (excludes halogenated alkanes) is 2. The van der Waals surface area contributed by atoms with Crippen molar-refractivity contribution >= 4 is 11.5 Å². The fourth-order valence-electron chi connectivity index (χ4n) is 4.32. The molecule has 4 heteroatoms. The van der Waals surface area contributed by atoms with Crippen molar-refractivity contribution in [2.24, 2.45) is 0 Å². The topological polar surface area (TPSA) is 55.8 Å². The second-order valence-corrected chi connectivity index (χ2v) is 9.15. The Hall–Kier alpha value is -3.01. The summed E-state index contributed by atoms with van der Waals surface area (Å²) >= 11 is 0. The summed E-state index contributed by atoms with van der Waals surface area (Å²) in [5.41, 5.74) is 6.23. The van der Waals surface area contributed by atoms with E-state index in [0.29, 0.717) is 23.3 Å². The quantitative estimate of drug-likeness (QED) is 0.281. The summed E-state index contributed by atoms with van der Waals surface area (Å²) < 4.78 is 12.1. The summed E-state index contributed by atoms with van der Waals surface area (Å²) in [4.78, 5) is 13.3. The SMILES string of the molecule is C=C(C)c1ccc(C)cc1-c1c(O)cc(CCCCC)c2c1OC(C)(C=C(C)C)OC2=O. The number of ether oxygens (including phenoxy) is 2. The highest BCUT2D eigenvalue weighted by Crippen LogP contribution is 2.49. The molecule has 4 nitrogen and oxygen atoms in total. The van der Waals surface area contributed by atoms with Crippen LogP contribution in [0.4, 0.5) is 0 Å². The highest BCUT2D eigenvalue weighted by molar-refractivity contribution is 6.01. The predicted molar refractivity (Wildman–Crippen MR) is 130 cm³/mol. The number of carbonyl (C=O) groups is 1. The molecule has 1 heterocycles. The zero-order valence-corrected chi connectivity index (χ0v) is 20.1. The van der Waals surface area contributed by atoms with Crippen molar-refractivity contribution in [3.8, 4) is 22.6 Å².